The molecule has 1 amide bonds. The lowest BCUT2D eigenvalue weighted by molar-refractivity contribution is 0.0974. The first-order valence-corrected chi connectivity index (χ1v) is 12.0. The summed E-state index contributed by atoms with van der Waals surface area (Å²) in [6.45, 7) is 2.05. The Balaban J connectivity index is 1.62. The molecule has 0 aliphatic carbocycles. The van der Waals surface area contributed by atoms with Crippen LogP contribution in [0.3, 0.4) is 0 Å². The van der Waals surface area contributed by atoms with E-state index < -0.39 is 10.0 Å². The number of hydrogen-bond acceptors (Lipinski definition) is 4. The van der Waals surface area contributed by atoms with E-state index in [1.807, 2.05) is 60.4 Å². The highest BCUT2D eigenvalue weighted by Gasteiger charge is 2.34. The third-order valence-corrected chi connectivity index (χ3v) is 5.96. The first-order chi connectivity index (χ1) is 14.8. The molecule has 2 N–H and O–H groups in total. The molecule has 2 unspecified atom stereocenters. The summed E-state index contributed by atoms with van der Waals surface area (Å²) in [6.07, 6.45) is 1.86. The van der Waals surface area contributed by atoms with Crippen molar-refractivity contribution < 1.29 is 13.2 Å². The van der Waals surface area contributed by atoms with Crippen LogP contribution in [0.2, 0.25) is 0 Å². The average Bonchev–Trinajstić information content (AvgIpc) is 2.74. The Hall–Kier alpha value is -3.32. The van der Waals surface area contributed by atoms with E-state index in [1.165, 1.54) is 0 Å². The number of nitrogens with zero attached hydrogens (tertiary/aromatic N) is 1. The normalized spacial score (nSPS) is 18.2. The number of rotatable bonds is 5. The first-order valence-electron chi connectivity index (χ1n) is 10.1. The van der Waals surface area contributed by atoms with Crippen molar-refractivity contribution in [3.63, 3.8) is 0 Å². The average molecular weight is 436 g/mol. The van der Waals surface area contributed by atoms with Crippen LogP contribution in [0, 0.1) is 0 Å². The summed E-state index contributed by atoms with van der Waals surface area (Å²) in [5.41, 5.74) is 3.95. The van der Waals surface area contributed by atoms with Gasteiger partial charge in [-0.15, -0.1) is 0 Å². The summed E-state index contributed by atoms with van der Waals surface area (Å²) in [5, 5.41) is 3.59. The van der Waals surface area contributed by atoms with E-state index in [0.29, 0.717) is 11.3 Å². The molecule has 31 heavy (non-hydrogen) atoms. The second kappa shape index (κ2) is 8.43. The molecule has 7 heteroatoms. The molecule has 3 aromatic carbocycles. The van der Waals surface area contributed by atoms with E-state index in [9.17, 15) is 13.2 Å². The fourth-order valence-corrected chi connectivity index (χ4v) is 4.59. The van der Waals surface area contributed by atoms with Gasteiger partial charge in [0.25, 0.3) is 5.91 Å². The fourth-order valence-electron chi connectivity index (χ4n) is 4.03. The number of amides is 1. The van der Waals surface area contributed by atoms with Gasteiger partial charge >= 0.3 is 0 Å². The maximum atomic E-state index is 13.4. The molecule has 2 atom stereocenters. The van der Waals surface area contributed by atoms with Gasteiger partial charge in [0.15, 0.2) is 0 Å². The van der Waals surface area contributed by atoms with E-state index >= 15 is 0 Å². The van der Waals surface area contributed by atoms with Crippen LogP contribution in [0.4, 0.5) is 17.1 Å². The van der Waals surface area contributed by atoms with Gasteiger partial charge in [-0.05, 0) is 61.4 Å². The minimum absolute atomic E-state index is 0.0163. The molecule has 4 rings (SSSR count). The molecule has 6 nitrogen and oxygen atoms in total. The lowest BCUT2D eigenvalue weighted by atomic mass is 9.90. The smallest absolute Gasteiger partial charge is 0.258 e. The molecule has 1 aliphatic rings. The molecule has 0 radical (unpaired) electrons. The van der Waals surface area contributed by atoms with E-state index in [0.717, 1.165) is 29.6 Å². The van der Waals surface area contributed by atoms with Crippen LogP contribution in [0.1, 0.15) is 35.3 Å². The largest absolute Gasteiger partial charge is 0.378 e. The van der Waals surface area contributed by atoms with Gasteiger partial charge in [-0.3, -0.25) is 9.52 Å². The van der Waals surface area contributed by atoms with E-state index in [4.69, 9.17) is 0 Å². The van der Waals surface area contributed by atoms with Crippen LogP contribution in [-0.2, 0) is 10.0 Å². The third-order valence-electron chi connectivity index (χ3n) is 5.36. The molecule has 3 aromatic rings. The highest BCUT2D eigenvalue weighted by Crippen LogP contribution is 2.39. The molecule has 1 aliphatic heterocycles. The highest BCUT2D eigenvalue weighted by molar-refractivity contribution is 7.92. The third kappa shape index (κ3) is 4.72. The van der Waals surface area contributed by atoms with Crippen molar-refractivity contribution >= 4 is 33.0 Å². The van der Waals surface area contributed by atoms with Crippen molar-refractivity contribution in [1.29, 1.82) is 0 Å². The summed E-state index contributed by atoms with van der Waals surface area (Å²) in [4.78, 5) is 15.2. The van der Waals surface area contributed by atoms with Crippen LogP contribution in [-0.4, -0.2) is 26.6 Å². The number of nitrogens with one attached hydrogen (secondary N) is 2. The highest BCUT2D eigenvalue weighted by atomic mass is 32.2. The minimum atomic E-state index is -3.36. The fraction of sp³-hybridized carbons (Fsp3) is 0.208. The zero-order chi connectivity index (χ0) is 22.0. The van der Waals surface area contributed by atoms with Gasteiger partial charge in [-0.25, -0.2) is 8.42 Å². The lowest BCUT2D eigenvalue weighted by Gasteiger charge is -2.40. The zero-order valence-corrected chi connectivity index (χ0v) is 18.3. The molecule has 0 spiro atoms. The van der Waals surface area contributed by atoms with Gasteiger partial charge in [-0.1, -0.05) is 36.4 Å². The molecule has 0 fully saturated rings. The predicted molar refractivity (Wildman–Crippen MR) is 125 cm³/mol. The molecular formula is C24H25N3O3S. The van der Waals surface area contributed by atoms with E-state index in [-0.39, 0.29) is 18.0 Å². The van der Waals surface area contributed by atoms with Crippen LogP contribution in [0.25, 0.3) is 0 Å². The Labute approximate surface area is 183 Å². The number of sulfonamides is 1. The van der Waals surface area contributed by atoms with Crippen molar-refractivity contribution in [3.8, 4) is 0 Å². The number of hydrogen-bond donors (Lipinski definition) is 2. The second-order valence-electron chi connectivity index (χ2n) is 7.83. The maximum absolute atomic E-state index is 13.4. The quantitative estimate of drug-likeness (QED) is 0.611. The number of carbonyl (C=O) groups is 1. The monoisotopic (exact) mass is 435 g/mol. The number of fused-ring (bicyclic) bond motifs is 1. The molecule has 1 heterocycles. The zero-order valence-electron chi connectivity index (χ0n) is 17.4. The molecule has 0 aromatic heterocycles. The summed E-state index contributed by atoms with van der Waals surface area (Å²) < 4.78 is 25.3. The van der Waals surface area contributed by atoms with E-state index in [2.05, 4.69) is 16.1 Å². The molecular weight excluding hydrogens is 410 g/mol. The minimum Gasteiger partial charge on any atom is -0.378 e. The van der Waals surface area contributed by atoms with Crippen molar-refractivity contribution in [2.75, 3.05) is 21.2 Å². The van der Waals surface area contributed by atoms with Gasteiger partial charge < -0.3 is 10.2 Å². The summed E-state index contributed by atoms with van der Waals surface area (Å²) >= 11 is 0. The van der Waals surface area contributed by atoms with Gasteiger partial charge in [0.05, 0.1) is 12.3 Å². The second-order valence-corrected chi connectivity index (χ2v) is 9.58. The number of para-hydroxylation sites is 2. The lowest BCUT2D eigenvalue weighted by Crippen LogP contribution is -2.44. The topological polar surface area (TPSA) is 78.5 Å². The van der Waals surface area contributed by atoms with Crippen LogP contribution in [0.5, 0.6) is 0 Å². The van der Waals surface area contributed by atoms with Crippen molar-refractivity contribution in [3.05, 3.63) is 90.0 Å². The molecule has 0 saturated carbocycles. The summed E-state index contributed by atoms with van der Waals surface area (Å²) in [6, 6.07) is 24.6. The summed E-state index contributed by atoms with van der Waals surface area (Å²) in [7, 11) is -3.36. The molecule has 0 saturated heterocycles. The van der Waals surface area contributed by atoms with Crippen molar-refractivity contribution in [2.45, 2.75) is 25.4 Å². The SMILES string of the molecule is CC1CC(Nc2ccccc2)c2ccccc2N1C(=O)c1ccc(NS(C)(=O)=O)cc1. The Kier molecular flexibility index (Phi) is 5.69. The van der Waals surface area contributed by atoms with Crippen molar-refractivity contribution in [1.82, 2.24) is 0 Å². The standard InChI is InChI=1S/C24H25N3O3S/c1-17-16-22(25-19-8-4-3-5-9-19)21-10-6-7-11-23(21)27(17)24(28)18-12-14-20(15-13-18)26-31(2,29)30/h3-15,17,22,25-26H,16H2,1-2H3. The Morgan fingerprint density at radius 1 is 0.903 bits per heavy atom. The van der Waals surface area contributed by atoms with Gasteiger partial charge in [0.1, 0.15) is 0 Å². The van der Waals surface area contributed by atoms with E-state index in [1.54, 1.807) is 24.3 Å². The Bertz CT molecular complexity index is 1180. The predicted octanol–water partition coefficient (Wildman–Crippen LogP) is 4.65. The van der Waals surface area contributed by atoms with Crippen molar-refractivity contribution in [2.24, 2.45) is 0 Å². The van der Waals surface area contributed by atoms with Gasteiger partial charge in [0.2, 0.25) is 10.0 Å². The number of anilines is 3. The number of benzene rings is 3. The molecule has 160 valence electrons. The first kappa shape index (κ1) is 20.9. The van der Waals surface area contributed by atoms with Crippen LogP contribution < -0.4 is 14.9 Å². The Morgan fingerprint density at radius 2 is 1.55 bits per heavy atom. The number of carbonyl (C=O) groups excluding carboxylic acids is 1. The Morgan fingerprint density at radius 3 is 2.23 bits per heavy atom. The van der Waals surface area contributed by atoms with Gasteiger partial charge in [0, 0.05) is 28.7 Å². The maximum Gasteiger partial charge on any atom is 0.258 e. The van der Waals surface area contributed by atoms with Gasteiger partial charge in [-0.2, -0.15) is 0 Å². The van der Waals surface area contributed by atoms with Crippen LogP contribution in [0.15, 0.2) is 78.9 Å². The van der Waals surface area contributed by atoms with Crippen LogP contribution >= 0.6 is 0 Å². The molecule has 0 bridgehead atoms. The summed E-state index contributed by atoms with van der Waals surface area (Å²) in [5.74, 6) is -0.107.